The van der Waals surface area contributed by atoms with Crippen LogP contribution in [-0.4, -0.2) is 34.1 Å². The first kappa shape index (κ1) is 14.9. The van der Waals surface area contributed by atoms with Crippen LogP contribution in [-0.2, 0) is 0 Å². The fourth-order valence-corrected chi connectivity index (χ4v) is 3.68. The molecule has 0 spiro atoms. The number of carbonyl (C=O) groups is 1. The Morgan fingerprint density at radius 1 is 1.22 bits per heavy atom. The Bertz CT molecular complexity index is 704. The molecule has 2 saturated carbocycles. The van der Waals surface area contributed by atoms with E-state index in [4.69, 9.17) is 0 Å². The maximum Gasteiger partial charge on any atom is 0.271 e. The Balaban J connectivity index is 1.53. The van der Waals surface area contributed by atoms with Crippen LogP contribution in [0.1, 0.15) is 36.2 Å². The number of hydrogen-bond donors (Lipinski definition) is 1. The number of benzene rings is 1. The van der Waals surface area contributed by atoms with E-state index in [1.807, 2.05) is 42.3 Å². The van der Waals surface area contributed by atoms with Gasteiger partial charge in [0.2, 0.25) is 0 Å². The lowest BCUT2D eigenvalue weighted by molar-refractivity contribution is 0.0684. The van der Waals surface area contributed by atoms with Crippen molar-refractivity contribution in [2.45, 2.75) is 31.7 Å². The monoisotopic (exact) mass is 373 g/mol. The van der Waals surface area contributed by atoms with Crippen molar-refractivity contribution < 1.29 is 4.79 Å². The molecule has 0 aliphatic heterocycles. The van der Waals surface area contributed by atoms with Gasteiger partial charge in [0.25, 0.3) is 5.91 Å². The molecule has 23 heavy (non-hydrogen) atoms. The molecule has 2 aliphatic carbocycles. The second kappa shape index (κ2) is 5.78. The average Bonchev–Trinajstić information content (AvgIpc) is 3.49. The summed E-state index contributed by atoms with van der Waals surface area (Å²) in [4.78, 5) is 14.7. The van der Waals surface area contributed by atoms with Gasteiger partial charge in [0, 0.05) is 23.1 Å². The molecule has 0 saturated heterocycles. The zero-order valence-corrected chi connectivity index (χ0v) is 14.7. The van der Waals surface area contributed by atoms with E-state index < -0.39 is 0 Å². The standard InChI is InChI=1S/C18H20BrN3O/c1-22(17(12-2-3-12)13-4-5-13)18(23)16-10-15(20-21-16)11-6-8-14(19)9-7-11/h6-10,12-13,17H,2-5H2,1H3,(H,20,21). The van der Waals surface area contributed by atoms with E-state index in [0.717, 1.165) is 15.7 Å². The van der Waals surface area contributed by atoms with Gasteiger partial charge in [0.15, 0.2) is 0 Å². The Morgan fingerprint density at radius 2 is 1.83 bits per heavy atom. The molecule has 4 nitrogen and oxygen atoms in total. The van der Waals surface area contributed by atoms with E-state index in [1.54, 1.807) is 0 Å². The van der Waals surface area contributed by atoms with Crippen LogP contribution in [0.4, 0.5) is 0 Å². The number of nitrogens with one attached hydrogen (secondary N) is 1. The average molecular weight is 374 g/mol. The van der Waals surface area contributed by atoms with Gasteiger partial charge in [-0.15, -0.1) is 0 Å². The molecular formula is C18H20BrN3O. The predicted molar refractivity (Wildman–Crippen MR) is 93.1 cm³/mol. The Kier molecular flexibility index (Phi) is 3.76. The normalized spacial score (nSPS) is 17.5. The van der Waals surface area contributed by atoms with Crippen LogP contribution in [0.2, 0.25) is 0 Å². The molecule has 1 amide bonds. The summed E-state index contributed by atoms with van der Waals surface area (Å²) in [7, 11) is 1.95. The largest absolute Gasteiger partial charge is 0.337 e. The van der Waals surface area contributed by atoms with E-state index in [-0.39, 0.29) is 5.91 Å². The van der Waals surface area contributed by atoms with Gasteiger partial charge in [-0.3, -0.25) is 9.89 Å². The highest BCUT2D eigenvalue weighted by Gasteiger charge is 2.45. The first-order chi connectivity index (χ1) is 11.1. The van der Waals surface area contributed by atoms with Crippen LogP contribution in [0.25, 0.3) is 11.3 Å². The number of aromatic amines is 1. The number of aromatic nitrogens is 2. The quantitative estimate of drug-likeness (QED) is 0.857. The van der Waals surface area contributed by atoms with Crippen LogP contribution in [0.15, 0.2) is 34.8 Å². The molecule has 0 atom stereocenters. The van der Waals surface area contributed by atoms with E-state index in [2.05, 4.69) is 26.1 Å². The molecular weight excluding hydrogens is 354 g/mol. The lowest BCUT2D eigenvalue weighted by atomic mass is 10.1. The van der Waals surface area contributed by atoms with Gasteiger partial charge >= 0.3 is 0 Å². The molecule has 2 aromatic rings. The van der Waals surface area contributed by atoms with Gasteiger partial charge in [-0.05, 0) is 55.7 Å². The van der Waals surface area contributed by atoms with E-state index in [9.17, 15) is 4.79 Å². The molecule has 0 radical (unpaired) electrons. The van der Waals surface area contributed by atoms with E-state index >= 15 is 0 Å². The summed E-state index contributed by atoms with van der Waals surface area (Å²) in [6.45, 7) is 0. The fourth-order valence-electron chi connectivity index (χ4n) is 3.42. The number of carbonyl (C=O) groups excluding carboxylic acids is 1. The molecule has 0 bridgehead atoms. The molecule has 2 fully saturated rings. The molecule has 120 valence electrons. The molecule has 0 unspecified atom stereocenters. The minimum Gasteiger partial charge on any atom is -0.337 e. The number of rotatable bonds is 5. The highest BCUT2D eigenvalue weighted by Crippen LogP contribution is 2.47. The third-order valence-corrected chi connectivity index (χ3v) is 5.45. The smallest absolute Gasteiger partial charge is 0.271 e. The zero-order valence-electron chi connectivity index (χ0n) is 13.1. The van der Waals surface area contributed by atoms with Crippen LogP contribution >= 0.6 is 15.9 Å². The van der Waals surface area contributed by atoms with Gasteiger partial charge in [-0.25, -0.2) is 0 Å². The molecule has 2 aliphatic rings. The summed E-state index contributed by atoms with van der Waals surface area (Å²) in [6.07, 6.45) is 5.08. The highest BCUT2D eigenvalue weighted by molar-refractivity contribution is 9.10. The summed E-state index contributed by atoms with van der Waals surface area (Å²) in [5.74, 6) is 1.49. The van der Waals surface area contributed by atoms with Gasteiger partial charge in [0.1, 0.15) is 5.69 Å². The summed E-state index contributed by atoms with van der Waals surface area (Å²) >= 11 is 3.43. The minimum absolute atomic E-state index is 0.0599. The number of hydrogen-bond acceptors (Lipinski definition) is 2. The maximum atomic E-state index is 12.8. The second-order valence-electron chi connectivity index (χ2n) is 6.76. The van der Waals surface area contributed by atoms with Crippen molar-refractivity contribution in [3.8, 4) is 11.3 Å². The van der Waals surface area contributed by atoms with Crippen molar-refractivity contribution >= 4 is 21.8 Å². The van der Waals surface area contributed by atoms with Crippen LogP contribution < -0.4 is 0 Å². The third-order valence-electron chi connectivity index (χ3n) is 4.93. The van der Waals surface area contributed by atoms with Crippen LogP contribution in [0, 0.1) is 11.8 Å². The van der Waals surface area contributed by atoms with Crippen molar-refractivity contribution in [3.05, 3.63) is 40.5 Å². The highest BCUT2D eigenvalue weighted by atomic mass is 79.9. The predicted octanol–water partition coefficient (Wildman–Crippen LogP) is 4.10. The Labute approximate surface area is 144 Å². The van der Waals surface area contributed by atoms with Crippen molar-refractivity contribution in [2.75, 3.05) is 7.05 Å². The van der Waals surface area contributed by atoms with Crippen molar-refractivity contribution in [1.82, 2.24) is 15.1 Å². The molecule has 1 heterocycles. The van der Waals surface area contributed by atoms with Gasteiger partial charge < -0.3 is 4.90 Å². The SMILES string of the molecule is CN(C(=O)c1cc(-c2ccc(Br)cc2)n[nH]1)C(C1CC1)C1CC1. The molecule has 1 N–H and O–H groups in total. The van der Waals surface area contributed by atoms with Crippen LogP contribution in [0.5, 0.6) is 0 Å². The Hall–Kier alpha value is -1.62. The number of nitrogens with zero attached hydrogens (tertiary/aromatic N) is 2. The zero-order chi connectivity index (χ0) is 16.0. The minimum atomic E-state index is 0.0599. The molecule has 1 aromatic heterocycles. The second-order valence-corrected chi connectivity index (χ2v) is 7.67. The van der Waals surface area contributed by atoms with Gasteiger partial charge in [-0.1, -0.05) is 28.1 Å². The summed E-state index contributed by atoms with van der Waals surface area (Å²) < 4.78 is 1.03. The topological polar surface area (TPSA) is 49.0 Å². The molecule has 1 aromatic carbocycles. The summed E-state index contributed by atoms with van der Waals surface area (Å²) in [5, 5.41) is 7.23. The van der Waals surface area contributed by atoms with Crippen molar-refractivity contribution in [1.29, 1.82) is 0 Å². The molecule has 4 rings (SSSR count). The lowest BCUT2D eigenvalue weighted by Crippen LogP contribution is -2.40. The summed E-state index contributed by atoms with van der Waals surface area (Å²) in [5.41, 5.74) is 2.40. The molecule has 5 heteroatoms. The van der Waals surface area contributed by atoms with Gasteiger partial charge in [0.05, 0.1) is 5.69 Å². The third kappa shape index (κ3) is 3.07. The van der Waals surface area contributed by atoms with E-state index in [1.165, 1.54) is 25.7 Å². The lowest BCUT2D eigenvalue weighted by Gasteiger charge is -2.27. The van der Waals surface area contributed by atoms with Crippen molar-refractivity contribution in [2.24, 2.45) is 11.8 Å². The number of H-pyrrole nitrogens is 1. The van der Waals surface area contributed by atoms with E-state index in [0.29, 0.717) is 23.6 Å². The van der Waals surface area contributed by atoms with Gasteiger partial charge in [-0.2, -0.15) is 5.10 Å². The van der Waals surface area contributed by atoms with Crippen molar-refractivity contribution in [3.63, 3.8) is 0 Å². The Morgan fingerprint density at radius 3 is 2.39 bits per heavy atom. The fraction of sp³-hybridized carbons (Fsp3) is 0.444. The van der Waals surface area contributed by atoms with Crippen LogP contribution in [0.3, 0.4) is 0 Å². The maximum absolute atomic E-state index is 12.8. The first-order valence-electron chi connectivity index (χ1n) is 8.22. The summed E-state index contributed by atoms with van der Waals surface area (Å²) in [6, 6.07) is 10.2. The number of amides is 1. The number of halogens is 1. The first-order valence-corrected chi connectivity index (χ1v) is 9.01.